The van der Waals surface area contributed by atoms with Crippen molar-refractivity contribution >= 4 is 17.8 Å². The molecular weight excluding hydrogens is 743 g/mol. The molecule has 6 heteroatoms. The highest BCUT2D eigenvalue weighted by Crippen LogP contribution is 2.76. The summed E-state index contributed by atoms with van der Waals surface area (Å²) in [6, 6.07) is 25.6. The van der Waals surface area contributed by atoms with E-state index in [1.54, 1.807) is 12.7 Å². The van der Waals surface area contributed by atoms with Gasteiger partial charge in [0.15, 0.2) is 5.78 Å². The predicted octanol–water partition coefficient (Wildman–Crippen LogP) is 12.3. The van der Waals surface area contributed by atoms with Crippen LogP contribution in [0, 0.1) is 62.6 Å². The Morgan fingerprint density at radius 3 is 2.07 bits per heavy atom. The summed E-state index contributed by atoms with van der Waals surface area (Å²) in [6.45, 7) is 17.4. The van der Waals surface area contributed by atoms with E-state index in [1.807, 2.05) is 42.5 Å². The van der Waals surface area contributed by atoms with E-state index in [0.29, 0.717) is 23.7 Å². The molecule has 0 bridgehead atoms. The van der Waals surface area contributed by atoms with Crippen LogP contribution in [-0.2, 0) is 19.1 Å². The van der Waals surface area contributed by atoms with Crippen molar-refractivity contribution in [2.45, 2.75) is 118 Å². The molecule has 1 N–H and O–H groups in total. The number of methoxy groups -OCH3 is 1. The summed E-state index contributed by atoms with van der Waals surface area (Å²) in [5.41, 5.74) is 6.44. The number of allylic oxidation sites excluding steroid dienone is 2. The van der Waals surface area contributed by atoms with Gasteiger partial charge in [-0.3, -0.25) is 9.59 Å². The molecule has 0 heterocycles. The van der Waals surface area contributed by atoms with Crippen molar-refractivity contribution in [1.82, 2.24) is 5.32 Å². The second-order valence-electron chi connectivity index (χ2n) is 21.4. The molecule has 3 aromatic rings. The predicted molar refractivity (Wildman–Crippen MR) is 237 cm³/mol. The second kappa shape index (κ2) is 14.7. The van der Waals surface area contributed by atoms with Gasteiger partial charge < -0.3 is 14.8 Å². The van der Waals surface area contributed by atoms with Gasteiger partial charge in [0.05, 0.1) is 12.5 Å². The molecule has 6 aliphatic rings. The van der Waals surface area contributed by atoms with Crippen LogP contribution in [0.25, 0.3) is 11.1 Å². The van der Waals surface area contributed by atoms with E-state index in [0.717, 1.165) is 74.5 Å². The van der Waals surface area contributed by atoms with Gasteiger partial charge in [-0.25, -0.2) is 4.79 Å². The maximum absolute atomic E-state index is 15.2. The number of rotatable bonds is 7. The lowest BCUT2D eigenvalue weighted by Crippen LogP contribution is -2.65. The van der Waals surface area contributed by atoms with Gasteiger partial charge in [0.1, 0.15) is 12.6 Å². The summed E-state index contributed by atoms with van der Waals surface area (Å²) in [7, 11) is 1.59. The smallest absolute Gasteiger partial charge is 0.408 e. The Kier molecular flexibility index (Phi) is 10.1. The SMILES string of the molecule is COC(=O)[C@]12CC[C@@H](C)[C@H](C)[C@H]1C1=CC[C@@H]3[C@@]4(C)CC[C@H](C(=O)[C@@H](NC(=O)OCC5c6ccccc6-c6ccccc65)c5ccccc5)C(C)(C)[C@@H]4CC[C@@]3(C)[C@]1(C)CC2. The van der Waals surface area contributed by atoms with E-state index < -0.39 is 17.6 Å². The zero-order valence-corrected chi connectivity index (χ0v) is 37.3. The molecule has 0 aromatic heterocycles. The fraction of sp³-hybridized carbons (Fsp3) is 0.574. The van der Waals surface area contributed by atoms with Crippen molar-refractivity contribution in [1.29, 1.82) is 0 Å². The van der Waals surface area contributed by atoms with Crippen molar-refractivity contribution in [3.63, 3.8) is 0 Å². The average molecular weight is 810 g/mol. The molecule has 3 aromatic carbocycles. The van der Waals surface area contributed by atoms with Crippen LogP contribution >= 0.6 is 0 Å². The fourth-order valence-electron chi connectivity index (χ4n) is 15.5. The molecule has 0 radical (unpaired) electrons. The topological polar surface area (TPSA) is 81.7 Å². The number of ketones is 1. The van der Waals surface area contributed by atoms with Crippen LogP contribution in [0.15, 0.2) is 90.5 Å². The number of hydrogen-bond acceptors (Lipinski definition) is 5. The van der Waals surface area contributed by atoms with Crippen molar-refractivity contribution in [2.75, 3.05) is 13.7 Å². The molecule has 4 fully saturated rings. The third kappa shape index (κ3) is 5.88. The highest BCUT2D eigenvalue weighted by atomic mass is 16.5. The summed E-state index contributed by atoms with van der Waals surface area (Å²) in [5.74, 6) is 1.84. The summed E-state index contributed by atoms with van der Waals surface area (Å²) >= 11 is 0. The molecule has 1 amide bonds. The molecule has 6 nitrogen and oxygen atoms in total. The fourth-order valence-corrected chi connectivity index (χ4v) is 15.5. The van der Waals surface area contributed by atoms with Gasteiger partial charge in [-0.15, -0.1) is 0 Å². The highest BCUT2D eigenvalue weighted by molar-refractivity contribution is 5.91. The number of esters is 1. The van der Waals surface area contributed by atoms with E-state index >= 15 is 4.79 Å². The number of carbonyl (C=O) groups excluding carboxylic acids is 3. The zero-order chi connectivity index (χ0) is 42.4. The van der Waals surface area contributed by atoms with Gasteiger partial charge in [-0.2, -0.15) is 0 Å². The molecule has 0 unspecified atom stereocenters. The zero-order valence-electron chi connectivity index (χ0n) is 37.3. The third-order valence-corrected chi connectivity index (χ3v) is 19.0. The number of ether oxygens (including phenoxy) is 2. The Morgan fingerprint density at radius 1 is 0.750 bits per heavy atom. The molecule has 11 atom stereocenters. The number of amides is 1. The molecule has 0 aliphatic heterocycles. The normalized spacial score (nSPS) is 36.7. The summed E-state index contributed by atoms with van der Waals surface area (Å²) < 4.78 is 11.7. The number of nitrogens with one attached hydrogen (secondary N) is 1. The molecule has 4 saturated carbocycles. The lowest BCUT2D eigenvalue weighted by molar-refractivity contribution is -0.199. The molecule has 0 saturated heterocycles. The first-order chi connectivity index (χ1) is 28.6. The molecule has 0 spiro atoms. The first-order valence-electron chi connectivity index (χ1n) is 23.1. The molecule has 9 rings (SSSR count). The van der Waals surface area contributed by atoms with Crippen LogP contribution < -0.4 is 5.32 Å². The Hall–Kier alpha value is -4.19. The number of carbonyl (C=O) groups is 3. The first-order valence-corrected chi connectivity index (χ1v) is 23.1. The van der Waals surface area contributed by atoms with Crippen LogP contribution in [0.4, 0.5) is 4.79 Å². The minimum atomic E-state index is -0.805. The van der Waals surface area contributed by atoms with Crippen LogP contribution in [0.5, 0.6) is 0 Å². The molecular formula is C54H67NO5. The van der Waals surface area contributed by atoms with Crippen molar-refractivity contribution in [3.8, 4) is 11.1 Å². The van der Waals surface area contributed by atoms with Gasteiger partial charge >= 0.3 is 12.1 Å². The number of benzene rings is 3. The second-order valence-corrected chi connectivity index (χ2v) is 21.4. The lowest BCUT2D eigenvalue weighted by atomic mass is 9.33. The summed E-state index contributed by atoms with van der Waals surface area (Å²) in [6.07, 6.45) is 10.9. The van der Waals surface area contributed by atoms with Crippen molar-refractivity contribution in [3.05, 3.63) is 107 Å². The number of Topliss-reactive ketones (excluding diaryl/α,β-unsaturated/α-hetero) is 1. The Morgan fingerprint density at radius 2 is 1.40 bits per heavy atom. The average Bonchev–Trinajstić information content (AvgIpc) is 3.56. The minimum absolute atomic E-state index is 0.000439. The van der Waals surface area contributed by atoms with Gasteiger partial charge in [0, 0.05) is 11.8 Å². The maximum Gasteiger partial charge on any atom is 0.408 e. The Labute approximate surface area is 358 Å². The summed E-state index contributed by atoms with van der Waals surface area (Å²) in [5, 5.41) is 3.10. The standard InChI is InChI=1S/C54H67NO5/c1-33-24-29-54(48(57)59-8)31-30-52(6)41(45(54)34(33)2)22-23-44-51(5)27-25-42(50(3,4)43(51)26-28-53(44,52)7)47(56)46(35-16-10-9-11-17-35)55-49(58)60-32-40-38-20-14-12-18-36(38)37-19-13-15-21-39(37)40/h9-22,33-34,40,42-46H,23-32H2,1-8H3,(H,55,58)/t33-,34+,42-,43+,44-,45+,46+,51+,52-,53-,54+/m1/s1. The molecule has 318 valence electrons. The van der Waals surface area contributed by atoms with E-state index in [1.165, 1.54) is 11.1 Å². The van der Waals surface area contributed by atoms with Crippen LogP contribution in [0.3, 0.4) is 0 Å². The lowest BCUT2D eigenvalue weighted by Gasteiger charge is -2.71. The molecule has 60 heavy (non-hydrogen) atoms. The number of hydrogen-bond donors (Lipinski definition) is 1. The quantitative estimate of drug-likeness (QED) is 0.190. The van der Waals surface area contributed by atoms with Gasteiger partial charge in [-0.05, 0) is 137 Å². The van der Waals surface area contributed by atoms with Crippen molar-refractivity contribution < 1.29 is 23.9 Å². The van der Waals surface area contributed by atoms with Gasteiger partial charge in [0.25, 0.3) is 0 Å². The highest BCUT2D eigenvalue weighted by Gasteiger charge is 2.70. The first kappa shape index (κ1) is 41.2. The van der Waals surface area contributed by atoms with Gasteiger partial charge in [0.2, 0.25) is 0 Å². The van der Waals surface area contributed by atoms with E-state index in [4.69, 9.17) is 9.47 Å². The summed E-state index contributed by atoms with van der Waals surface area (Å²) in [4.78, 5) is 42.8. The molecule has 6 aliphatic carbocycles. The third-order valence-electron chi connectivity index (χ3n) is 19.0. The van der Waals surface area contributed by atoms with Crippen molar-refractivity contribution in [2.24, 2.45) is 62.6 Å². The Balaban J connectivity index is 0.968. The van der Waals surface area contributed by atoms with Crippen LogP contribution in [0.1, 0.15) is 135 Å². The van der Waals surface area contributed by atoms with E-state index in [-0.39, 0.29) is 57.8 Å². The largest absolute Gasteiger partial charge is 0.469 e. The maximum atomic E-state index is 15.2. The Bertz CT molecular complexity index is 2160. The number of fused-ring (bicyclic) bond motifs is 10. The van der Waals surface area contributed by atoms with E-state index in [9.17, 15) is 9.59 Å². The van der Waals surface area contributed by atoms with Gasteiger partial charge in [-0.1, -0.05) is 139 Å². The van der Waals surface area contributed by atoms with E-state index in [2.05, 4.69) is 96.3 Å². The monoisotopic (exact) mass is 810 g/mol. The minimum Gasteiger partial charge on any atom is -0.469 e. The van der Waals surface area contributed by atoms with Crippen LogP contribution in [-0.4, -0.2) is 31.6 Å². The number of alkyl carbamates (subject to hydrolysis) is 1. The van der Waals surface area contributed by atoms with Crippen LogP contribution in [0.2, 0.25) is 0 Å².